The van der Waals surface area contributed by atoms with Crippen molar-refractivity contribution >= 4 is 34.9 Å². The first-order valence-electron chi connectivity index (χ1n) is 9.25. The normalized spacial score (nSPS) is 14.5. The lowest BCUT2D eigenvalue weighted by atomic mass is 10.2. The second-order valence-corrected chi connectivity index (χ2v) is 7.37. The molecule has 1 aliphatic rings. The Labute approximate surface area is 183 Å². The number of carbonyl (C=O) groups excluding carboxylic acids is 3. The molecule has 2 aromatic rings. The van der Waals surface area contributed by atoms with Crippen molar-refractivity contribution in [3.05, 3.63) is 64.6 Å². The number of ether oxygens (including phenoxy) is 2. The molecule has 158 valence electrons. The van der Waals surface area contributed by atoms with Gasteiger partial charge in [0.05, 0.1) is 12.0 Å². The third-order valence-electron chi connectivity index (χ3n) is 4.32. The number of imide groups is 1. The van der Waals surface area contributed by atoms with Gasteiger partial charge in [0.15, 0.2) is 6.61 Å². The molecule has 1 N–H and O–H groups in total. The van der Waals surface area contributed by atoms with Crippen LogP contribution in [0, 0.1) is 11.3 Å². The molecule has 1 heterocycles. The van der Waals surface area contributed by atoms with E-state index in [9.17, 15) is 14.4 Å². The number of rotatable bonds is 8. The van der Waals surface area contributed by atoms with Gasteiger partial charge in [0.25, 0.3) is 11.1 Å². The average molecular weight is 437 g/mol. The summed E-state index contributed by atoms with van der Waals surface area (Å²) >= 11 is 0.754. The number of nitriles is 1. The highest BCUT2D eigenvalue weighted by molar-refractivity contribution is 8.18. The molecule has 0 unspecified atom stereocenters. The minimum absolute atomic E-state index is 0.138. The summed E-state index contributed by atoms with van der Waals surface area (Å²) in [7, 11) is 1.57. The van der Waals surface area contributed by atoms with Crippen LogP contribution in [0.15, 0.2) is 53.4 Å². The molecular weight excluding hydrogens is 418 g/mol. The molecule has 3 amide bonds. The number of hydrogen-bond acceptors (Lipinski definition) is 7. The molecule has 1 fully saturated rings. The van der Waals surface area contributed by atoms with Crippen molar-refractivity contribution in [2.45, 2.75) is 6.54 Å². The highest BCUT2D eigenvalue weighted by atomic mass is 32.2. The fourth-order valence-corrected chi connectivity index (χ4v) is 3.59. The number of amides is 3. The highest BCUT2D eigenvalue weighted by Crippen LogP contribution is 2.33. The zero-order chi connectivity index (χ0) is 22.2. The lowest BCUT2D eigenvalue weighted by molar-refractivity contribution is -0.129. The van der Waals surface area contributed by atoms with Crippen LogP contribution in [0.1, 0.15) is 11.1 Å². The van der Waals surface area contributed by atoms with Gasteiger partial charge in [-0.25, -0.2) is 0 Å². The molecule has 9 heteroatoms. The molecule has 0 aliphatic carbocycles. The van der Waals surface area contributed by atoms with Gasteiger partial charge in [0.1, 0.15) is 24.1 Å². The Bertz CT molecular complexity index is 1060. The lowest BCUT2D eigenvalue weighted by Gasteiger charge is -2.12. The zero-order valence-electron chi connectivity index (χ0n) is 16.7. The zero-order valence-corrected chi connectivity index (χ0v) is 17.5. The largest absolute Gasteiger partial charge is 0.497 e. The van der Waals surface area contributed by atoms with Gasteiger partial charge in [-0.1, -0.05) is 30.3 Å². The van der Waals surface area contributed by atoms with E-state index in [4.69, 9.17) is 14.7 Å². The minimum Gasteiger partial charge on any atom is -0.497 e. The molecule has 1 saturated heterocycles. The van der Waals surface area contributed by atoms with E-state index >= 15 is 0 Å². The summed E-state index contributed by atoms with van der Waals surface area (Å²) in [5.41, 5.74) is 1.42. The molecule has 3 rings (SSSR count). The third-order valence-corrected chi connectivity index (χ3v) is 5.23. The number of thioether (sulfide) groups is 1. The topological polar surface area (TPSA) is 109 Å². The fourth-order valence-electron chi connectivity index (χ4n) is 2.76. The van der Waals surface area contributed by atoms with Crippen LogP contribution in [0.5, 0.6) is 11.5 Å². The first-order chi connectivity index (χ1) is 15.0. The van der Waals surface area contributed by atoms with E-state index in [-0.39, 0.29) is 24.6 Å². The van der Waals surface area contributed by atoms with Gasteiger partial charge in [-0.05, 0) is 41.6 Å². The predicted molar refractivity (Wildman–Crippen MR) is 115 cm³/mol. The Morgan fingerprint density at radius 2 is 1.94 bits per heavy atom. The summed E-state index contributed by atoms with van der Waals surface area (Å²) < 4.78 is 10.4. The van der Waals surface area contributed by atoms with Gasteiger partial charge in [0.2, 0.25) is 5.91 Å². The van der Waals surface area contributed by atoms with E-state index in [0.717, 1.165) is 22.2 Å². The molecule has 1 aliphatic heterocycles. The standard InChI is InChI=1S/C22H19N3O5S/c1-29-17-8-6-15(7-9-17)13-24-20(26)14-25-21(27)19(31-22(25)28)12-16-4-2-3-5-18(16)30-11-10-23/h2-9,12H,11,13-14H2,1H3,(H,24,26)/b19-12-. The van der Waals surface area contributed by atoms with Crippen molar-refractivity contribution in [1.82, 2.24) is 10.2 Å². The average Bonchev–Trinajstić information content (AvgIpc) is 3.04. The SMILES string of the molecule is COc1ccc(CNC(=O)CN2C(=O)S/C(=C\c3ccccc3OCC#N)C2=O)cc1. The van der Waals surface area contributed by atoms with E-state index in [1.807, 2.05) is 18.2 Å². The number of hydrogen-bond donors (Lipinski definition) is 1. The second-order valence-electron chi connectivity index (χ2n) is 6.38. The highest BCUT2D eigenvalue weighted by Gasteiger charge is 2.36. The molecule has 0 saturated carbocycles. The van der Waals surface area contributed by atoms with Gasteiger partial charge in [0, 0.05) is 12.1 Å². The van der Waals surface area contributed by atoms with Gasteiger partial charge in [-0.2, -0.15) is 5.26 Å². The van der Waals surface area contributed by atoms with Crippen molar-refractivity contribution in [1.29, 1.82) is 5.26 Å². The molecule has 0 radical (unpaired) electrons. The molecule has 0 spiro atoms. The minimum atomic E-state index is -0.551. The summed E-state index contributed by atoms with van der Waals surface area (Å²) in [5.74, 6) is 0.133. The van der Waals surface area contributed by atoms with Crippen LogP contribution in [0.25, 0.3) is 6.08 Å². The van der Waals surface area contributed by atoms with Gasteiger partial charge >= 0.3 is 0 Å². The van der Waals surface area contributed by atoms with Crippen LogP contribution in [0.4, 0.5) is 4.79 Å². The first-order valence-corrected chi connectivity index (χ1v) is 10.1. The quantitative estimate of drug-likeness (QED) is 0.633. The Morgan fingerprint density at radius 1 is 1.19 bits per heavy atom. The van der Waals surface area contributed by atoms with Gasteiger partial charge in [-0.15, -0.1) is 0 Å². The Balaban J connectivity index is 1.63. The van der Waals surface area contributed by atoms with Crippen LogP contribution >= 0.6 is 11.8 Å². The predicted octanol–water partition coefficient (Wildman–Crippen LogP) is 2.95. The van der Waals surface area contributed by atoms with Gasteiger partial charge in [-0.3, -0.25) is 19.3 Å². The van der Waals surface area contributed by atoms with Crippen LogP contribution in [0.3, 0.4) is 0 Å². The molecule has 0 aromatic heterocycles. The third kappa shape index (κ3) is 5.65. The Morgan fingerprint density at radius 3 is 2.65 bits per heavy atom. The Kier molecular flexibility index (Phi) is 7.30. The summed E-state index contributed by atoms with van der Waals surface area (Å²) in [5, 5.41) is 10.9. The molecule has 0 atom stereocenters. The number of benzene rings is 2. The van der Waals surface area contributed by atoms with Crippen LogP contribution < -0.4 is 14.8 Å². The summed E-state index contributed by atoms with van der Waals surface area (Å²) in [6.45, 7) is -0.246. The first kappa shape index (κ1) is 21.9. The van der Waals surface area contributed by atoms with Crippen LogP contribution in [-0.2, 0) is 16.1 Å². The molecule has 0 bridgehead atoms. The fraction of sp³-hybridized carbons (Fsp3) is 0.182. The van der Waals surface area contributed by atoms with E-state index in [1.54, 1.807) is 43.5 Å². The van der Waals surface area contributed by atoms with Gasteiger partial charge < -0.3 is 14.8 Å². The van der Waals surface area contributed by atoms with Crippen LogP contribution in [0.2, 0.25) is 0 Å². The van der Waals surface area contributed by atoms with Crippen molar-refractivity contribution in [3.8, 4) is 17.6 Å². The number of para-hydroxylation sites is 1. The number of methoxy groups -OCH3 is 1. The van der Waals surface area contributed by atoms with Crippen molar-refractivity contribution in [2.24, 2.45) is 0 Å². The number of carbonyl (C=O) groups is 3. The maximum atomic E-state index is 12.7. The summed E-state index contributed by atoms with van der Waals surface area (Å²) in [4.78, 5) is 38.3. The lowest BCUT2D eigenvalue weighted by Crippen LogP contribution is -2.39. The number of nitrogens with one attached hydrogen (secondary N) is 1. The maximum Gasteiger partial charge on any atom is 0.294 e. The maximum absolute atomic E-state index is 12.7. The summed E-state index contributed by atoms with van der Waals surface area (Å²) in [6, 6.07) is 15.9. The molecule has 2 aromatic carbocycles. The molecule has 8 nitrogen and oxygen atoms in total. The number of nitrogens with zero attached hydrogens (tertiary/aromatic N) is 2. The molecule has 31 heavy (non-hydrogen) atoms. The van der Waals surface area contributed by atoms with E-state index in [2.05, 4.69) is 5.32 Å². The van der Waals surface area contributed by atoms with Crippen molar-refractivity contribution in [2.75, 3.05) is 20.3 Å². The van der Waals surface area contributed by atoms with Crippen molar-refractivity contribution < 1.29 is 23.9 Å². The van der Waals surface area contributed by atoms with E-state index in [1.165, 1.54) is 6.08 Å². The summed E-state index contributed by atoms with van der Waals surface area (Å²) in [6.07, 6.45) is 1.52. The monoisotopic (exact) mass is 437 g/mol. The molecular formula is C22H19N3O5S. The van der Waals surface area contributed by atoms with Crippen molar-refractivity contribution in [3.63, 3.8) is 0 Å². The van der Waals surface area contributed by atoms with E-state index in [0.29, 0.717) is 17.1 Å². The second kappa shape index (κ2) is 10.3. The Hall–Kier alpha value is -3.77. The van der Waals surface area contributed by atoms with E-state index < -0.39 is 17.1 Å². The van der Waals surface area contributed by atoms with Crippen LogP contribution in [-0.4, -0.2) is 42.2 Å². The smallest absolute Gasteiger partial charge is 0.294 e.